The molecule has 0 aliphatic rings. The van der Waals surface area contributed by atoms with Crippen LogP contribution in [0.1, 0.15) is 149 Å². The molecule has 0 heterocycles. The highest BCUT2D eigenvalue weighted by Crippen LogP contribution is 2.10. The van der Waals surface area contributed by atoms with Gasteiger partial charge in [-0.2, -0.15) is 0 Å². The number of carboxylic acid groups (broad SMARTS) is 1. The molecule has 0 rings (SSSR count). The van der Waals surface area contributed by atoms with E-state index in [0.29, 0.717) is 12.8 Å². The summed E-state index contributed by atoms with van der Waals surface area (Å²) >= 11 is 0. The summed E-state index contributed by atoms with van der Waals surface area (Å²) in [5.74, 6) is -1.93. The van der Waals surface area contributed by atoms with Crippen molar-refractivity contribution in [2.24, 2.45) is 0 Å². The summed E-state index contributed by atoms with van der Waals surface area (Å²) in [6.45, 7) is 4.38. The first-order valence-electron chi connectivity index (χ1n) is 22.9. The Morgan fingerprint density at radius 3 is 1.45 bits per heavy atom. The number of hydrogen-bond acceptors (Lipinski definition) is 7. The second-order valence-corrected chi connectivity index (χ2v) is 15.9. The van der Waals surface area contributed by atoms with Gasteiger partial charge in [0.05, 0.1) is 40.3 Å². The van der Waals surface area contributed by atoms with Crippen LogP contribution in [0.25, 0.3) is 0 Å². The van der Waals surface area contributed by atoms with Crippen molar-refractivity contribution in [3.05, 3.63) is 109 Å². The number of allylic oxidation sites excluding steroid dienone is 18. The lowest BCUT2D eigenvalue weighted by Crippen LogP contribution is -2.55. The lowest BCUT2D eigenvalue weighted by atomic mass is 10.1. The maximum Gasteiger partial charge on any atom is 0.306 e. The Bertz CT molecular complexity index is 1340. The number of hydrogen-bond donors (Lipinski definition) is 0. The van der Waals surface area contributed by atoms with Crippen LogP contribution in [-0.2, 0) is 28.6 Å². The van der Waals surface area contributed by atoms with Gasteiger partial charge in [-0.1, -0.05) is 155 Å². The quantitative estimate of drug-likeness (QED) is 0.0263. The molecule has 8 nitrogen and oxygen atoms in total. The van der Waals surface area contributed by atoms with Crippen LogP contribution in [-0.4, -0.2) is 75.5 Å². The Morgan fingerprint density at radius 1 is 0.517 bits per heavy atom. The maximum atomic E-state index is 12.7. The van der Waals surface area contributed by atoms with Gasteiger partial charge >= 0.3 is 11.9 Å². The fraction of sp³-hybridized carbons (Fsp3) is 0.596. The molecule has 0 saturated carbocycles. The van der Waals surface area contributed by atoms with Gasteiger partial charge in [-0.25, -0.2) is 0 Å². The fourth-order valence-corrected chi connectivity index (χ4v) is 5.88. The summed E-state index contributed by atoms with van der Waals surface area (Å²) in [6.07, 6.45) is 57.1. The molecule has 8 heteroatoms. The molecule has 0 aliphatic carbocycles. The van der Waals surface area contributed by atoms with Crippen molar-refractivity contribution in [2.75, 3.05) is 41.0 Å². The number of nitrogens with zero attached hydrogens (tertiary/aromatic N) is 1. The fourth-order valence-electron chi connectivity index (χ4n) is 5.88. The Morgan fingerprint density at radius 2 is 0.967 bits per heavy atom. The molecule has 0 fully saturated rings. The lowest BCUT2D eigenvalue weighted by Gasteiger charge is -2.34. The smallest absolute Gasteiger partial charge is 0.306 e. The van der Waals surface area contributed by atoms with E-state index >= 15 is 0 Å². The van der Waals surface area contributed by atoms with Gasteiger partial charge in [-0.05, 0) is 83.5 Å². The molecule has 0 aliphatic heterocycles. The molecule has 0 saturated heterocycles. The third kappa shape index (κ3) is 39.5. The standard InChI is InChI=1S/C52H83NO7/c1-6-8-10-12-14-16-18-20-22-24-25-27-28-30-32-34-36-38-40-42-50(54)59-47-48(46-58-45-44-49(52(56)57)53(3,4)5)60-51(55)43-41-39-37-35-33-31-29-26-23-21-19-17-15-13-11-9-7-2/h8,10,14,16,20-23,25,27,29-32,35-38,48-49H,6-7,9,11-13,15,17-19,24,26,28,33-34,39-47H2,1-5H3/b10-8+,16-14+,22-20+,23-21+,27-25+,31-29+,32-30+,37-35+,38-36+. The number of quaternary nitrogens is 1. The molecule has 0 aromatic heterocycles. The zero-order valence-electron chi connectivity index (χ0n) is 38.3. The molecule has 2 atom stereocenters. The van der Waals surface area contributed by atoms with Crippen molar-refractivity contribution >= 4 is 17.9 Å². The first-order valence-corrected chi connectivity index (χ1v) is 22.9. The van der Waals surface area contributed by atoms with Crippen molar-refractivity contribution in [2.45, 2.75) is 161 Å². The molecule has 0 spiro atoms. The van der Waals surface area contributed by atoms with E-state index in [4.69, 9.17) is 14.2 Å². The normalized spacial score (nSPS) is 13.9. The Hall–Kier alpha value is -4.01. The highest BCUT2D eigenvalue weighted by Gasteiger charge is 2.25. The van der Waals surface area contributed by atoms with Crippen LogP contribution in [0, 0.1) is 0 Å². The summed E-state index contributed by atoms with van der Waals surface area (Å²) in [4.78, 5) is 36.8. The van der Waals surface area contributed by atoms with Crippen LogP contribution < -0.4 is 5.11 Å². The van der Waals surface area contributed by atoms with Crippen molar-refractivity contribution in [3.8, 4) is 0 Å². The molecule has 0 amide bonds. The first-order chi connectivity index (χ1) is 29.1. The monoisotopic (exact) mass is 834 g/mol. The SMILES string of the molecule is CC/C=C/C/C=C/C/C=C/C/C=C/C/C=C/C/C=C/CCC(=O)OCC(COCCC(C(=O)[O-])[N+](C)(C)C)OC(=O)CCC/C=C/C/C=C/C/C=C/CCCCCCCC. The lowest BCUT2D eigenvalue weighted by molar-refractivity contribution is -0.889. The summed E-state index contributed by atoms with van der Waals surface area (Å²) in [7, 11) is 5.36. The van der Waals surface area contributed by atoms with Crippen molar-refractivity contribution < 1.29 is 38.2 Å². The van der Waals surface area contributed by atoms with Crippen molar-refractivity contribution in [1.29, 1.82) is 0 Å². The molecule has 2 unspecified atom stereocenters. The number of ether oxygens (including phenoxy) is 3. The minimum Gasteiger partial charge on any atom is -0.544 e. The van der Waals surface area contributed by atoms with Crippen LogP contribution in [0.15, 0.2) is 109 Å². The second kappa shape index (κ2) is 41.7. The van der Waals surface area contributed by atoms with E-state index in [-0.39, 0.29) is 49.5 Å². The topological polar surface area (TPSA) is 102 Å². The first kappa shape index (κ1) is 56.0. The molecule has 60 heavy (non-hydrogen) atoms. The van der Waals surface area contributed by atoms with E-state index in [0.717, 1.165) is 64.2 Å². The van der Waals surface area contributed by atoms with E-state index in [1.165, 1.54) is 38.5 Å². The average molecular weight is 834 g/mol. The number of rotatable bonds is 39. The average Bonchev–Trinajstić information content (AvgIpc) is 3.21. The zero-order valence-corrected chi connectivity index (χ0v) is 38.3. The summed E-state index contributed by atoms with van der Waals surface area (Å²) in [5, 5.41) is 11.6. The zero-order chi connectivity index (χ0) is 44.2. The van der Waals surface area contributed by atoms with Gasteiger partial charge in [0.2, 0.25) is 0 Å². The van der Waals surface area contributed by atoms with Gasteiger partial charge in [-0.3, -0.25) is 9.59 Å². The molecule has 0 radical (unpaired) electrons. The highest BCUT2D eigenvalue weighted by molar-refractivity contribution is 5.70. The number of likely N-dealkylation sites (N-methyl/N-ethyl adjacent to an activating group) is 1. The van der Waals surface area contributed by atoms with E-state index in [1.807, 2.05) is 12.2 Å². The summed E-state index contributed by atoms with van der Waals surface area (Å²) in [6, 6.07) is -0.752. The molecule has 0 aromatic rings. The summed E-state index contributed by atoms with van der Waals surface area (Å²) in [5.41, 5.74) is 0. The molecular formula is C52H83NO7. The van der Waals surface area contributed by atoms with Gasteiger partial charge in [0.15, 0.2) is 6.10 Å². The predicted octanol–water partition coefficient (Wildman–Crippen LogP) is 11.5. The van der Waals surface area contributed by atoms with Crippen LogP contribution in [0.3, 0.4) is 0 Å². The molecule has 338 valence electrons. The minimum absolute atomic E-state index is 0.0104. The Balaban J connectivity index is 4.55. The third-order valence-electron chi connectivity index (χ3n) is 9.41. The minimum atomic E-state index is -1.15. The number of carbonyl (C=O) groups excluding carboxylic acids is 3. The van der Waals surface area contributed by atoms with Crippen LogP contribution in [0.2, 0.25) is 0 Å². The van der Waals surface area contributed by atoms with Crippen LogP contribution >= 0.6 is 0 Å². The molecular weight excluding hydrogens is 751 g/mol. The van der Waals surface area contributed by atoms with E-state index < -0.39 is 24.1 Å². The van der Waals surface area contributed by atoms with Gasteiger partial charge in [0.25, 0.3) is 0 Å². The number of carboxylic acids is 1. The number of unbranched alkanes of at least 4 members (excludes halogenated alkanes) is 7. The number of esters is 2. The second-order valence-electron chi connectivity index (χ2n) is 15.9. The maximum absolute atomic E-state index is 12.7. The Kier molecular flexibility index (Phi) is 38.9. The predicted molar refractivity (Wildman–Crippen MR) is 249 cm³/mol. The molecule has 0 bridgehead atoms. The van der Waals surface area contributed by atoms with Gasteiger partial charge in [0.1, 0.15) is 12.6 Å². The largest absolute Gasteiger partial charge is 0.544 e. The van der Waals surface area contributed by atoms with Gasteiger partial charge in [-0.15, -0.1) is 0 Å². The third-order valence-corrected chi connectivity index (χ3v) is 9.41. The van der Waals surface area contributed by atoms with E-state index in [1.54, 1.807) is 21.1 Å². The number of aliphatic carboxylic acids is 1. The van der Waals surface area contributed by atoms with E-state index in [9.17, 15) is 19.5 Å². The van der Waals surface area contributed by atoms with Gasteiger partial charge in [0, 0.05) is 19.3 Å². The van der Waals surface area contributed by atoms with Crippen molar-refractivity contribution in [3.63, 3.8) is 0 Å². The highest BCUT2D eigenvalue weighted by atomic mass is 16.6. The molecule has 0 N–H and O–H groups in total. The van der Waals surface area contributed by atoms with Crippen molar-refractivity contribution in [1.82, 2.24) is 0 Å². The summed E-state index contributed by atoms with van der Waals surface area (Å²) < 4.78 is 17.0. The van der Waals surface area contributed by atoms with Crippen LogP contribution in [0.4, 0.5) is 0 Å². The molecule has 0 aromatic carbocycles. The number of carbonyl (C=O) groups is 3. The Labute approximate surface area is 366 Å². The van der Waals surface area contributed by atoms with Gasteiger partial charge < -0.3 is 28.6 Å². The van der Waals surface area contributed by atoms with E-state index in [2.05, 4.69) is 111 Å². The van der Waals surface area contributed by atoms with Crippen LogP contribution in [0.5, 0.6) is 0 Å².